The highest BCUT2D eigenvalue weighted by atomic mass is 79.9. The number of aliphatic hydroxyl groups is 1. The van der Waals surface area contributed by atoms with E-state index in [2.05, 4.69) is 59.2 Å². The van der Waals surface area contributed by atoms with E-state index in [0.717, 1.165) is 24.7 Å². The van der Waals surface area contributed by atoms with Gasteiger partial charge in [-0.2, -0.15) is 5.26 Å². The van der Waals surface area contributed by atoms with Crippen LogP contribution in [0.1, 0.15) is 17.2 Å². The first-order valence-electron chi connectivity index (χ1n) is 6.08. The van der Waals surface area contributed by atoms with Crippen molar-refractivity contribution < 1.29 is 5.11 Å². The van der Waals surface area contributed by atoms with Crippen LogP contribution >= 0.6 is 47.8 Å². The number of hydrogen-bond donors (Lipinski definition) is 2. The molecule has 108 valence electrons. The van der Waals surface area contributed by atoms with Crippen molar-refractivity contribution in [2.75, 3.05) is 11.9 Å². The highest BCUT2D eigenvalue weighted by Crippen LogP contribution is 2.34. The van der Waals surface area contributed by atoms with Crippen LogP contribution in [0.25, 0.3) is 0 Å². The number of aliphatic hydroxyl groups excluding tert-OH is 1. The maximum Gasteiger partial charge on any atom is 0.0991 e. The van der Waals surface area contributed by atoms with Gasteiger partial charge in [-0.25, -0.2) is 0 Å². The van der Waals surface area contributed by atoms with Crippen LogP contribution in [-0.2, 0) is 0 Å². The Morgan fingerprint density at radius 1 is 1.10 bits per heavy atom. The highest BCUT2D eigenvalue weighted by Gasteiger charge is 2.11. The van der Waals surface area contributed by atoms with Crippen LogP contribution in [0, 0.1) is 11.3 Å². The average molecular weight is 475 g/mol. The predicted molar refractivity (Wildman–Crippen MR) is 94.1 cm³/mol. The molecule has 0 amide bonds. The lowest BCUT2D eigenvalue weighted by molar-refractivity contribution is 0.191. The molecule has 0 aliphatic rings. The zero-order valence-corrected chi connectivity index (χ0v) is 15.5. The van der Waals surface area contributed by atoms with Gasteiger partial charge in [0.05, 0.1) is 23.4 Å². The zero-order chi connectivity index (χ0) is 15.4. The molecule has 21 heavy (non-hydrogen) atoms. The molecule has 0 saturated carbocycles. The van der Waals surface area contributed by atoms with E-state index in [1.54, 1.807) is 24.3 Å². The van der Waals surface area contributed by atoms with Crippen LogP contribution < -0.4 is 5.32 Å². The second-order valence-corrected chi connectivity index (χ2v) is 7.00. The average Bonchev–Trinajstić information content (AvgIpc) is 2.46. The SMILES string of the molecule is N#Cc1ccc(C(O)CNc2c(Br)cc(Br)cc2Br)cc1. The summed E-state index contributed by atoms with van der Waals surface area (Å²) in [6, 6.07) is 12.8. The monoisotopic (exact) mass is 472 g/mol. The summed E-state index contributed by atoms with van der Waals surface area (Å²) in [5.41, 5.74) is 2.23. The van der Waals surface area contributed by atoms with E-state index in [-0.39, 0.29) is 0 Å². The lowest BCUT2D eigenvalue weighted by Gasteiger charge is -2.16. The van der Waals surface area contributed by atoms with E-state index in [9.17, 15) is 5.11 Å². The van der Waals surface area contributed by atoms with Crippen LogP contribution in [0.4, 0.5) is 5.69 Å². The Morgan fingerprint density at radius 2 is 1.67 bits per heavy atom. The van der Waals surface area contributed by atoms with Gasteiger partial charge in [-0.05, 0) is 61.7 Å². The van der Waals surface area contributed by atoms with Gasteiger partial charge in [0.1, 0.15) is 0 Å². The van der Waals surface area contributed by atoms with Crippen molar-refractivity contribution in [1.29, 1.82) is 5.26 Å². The molecule has 2 N–H and O–H groups in total. The molecule has 0 fully saturated rings. The second kappa shape index (κ2) is 7.41. The van der Waals surface area contributed by atoms with Gasteiger partial charge in [-0.3, -0.25) is 0 Å². The molecule has 0 bridgehead atoms. The van der Waals surface area contributed by atoms with Gasteiger partial charge < -0.3 is 10.4 Å². The second-order valence-electron chi connectivity index (χ2n) is 4.37. The summed E-state index contributed by atoms with van der Waals surface area (Å²) >= 11 is 10.4. The van der Waals surface area contributed by atoms with E-state index in [1.807, 2.05) is 12.1 Å². The quantitative estimate of drug-likeness (QED) is 0.656. The molecule has 0 spiro atoms. The summed E-state index contributed by atoms with van der Waals surface area (Å²) in [4.78, 5) is 0. The summed E-state index contributed by atoms with van der Waals surface area (Å²) in [6.07, 6.45) is -0.653. The first-order valence-corrected chi connectivity index (χ1v) is 8.45. The molecule has 0 radical (unpaired) electrons. The van der Waals surface area contributed by atoms with Gasteiger partial charge in [0, 0.05) is 20.0 Å². The Bertz CT molecular complexity index is 657. The van der Waals surface area contributed by atoms with Gasteiger partial charge in [0.25, 0.3) is 0 Å². The minimum atomic E-state index is -0.653. The first-order chi connectivity index (χ1) is 10.0. The van der Waals surface area contributed by atoms with Gasteiger partial charge in [0.2, 0.25) is 0 Å². The van der Waals surface area contributed by atoms with Gasteiger partial charge >= 0.3 is 0 Å². The Kier molecular flexibility index (Phi) is 5.82. The number of benzene rings is 2. The molecule has 0 saturated heterocycles. The summed E-state index contributed by atoms with van der Waals surface area (Å²) in [6.45, 7) is 0.366. The summed E-state index contributed by atoms with van der Waals surface area (Å²) in [7, 11) is 0. The van der Waals surface area contributed by atoms with Crippen molar-refractivity contribution in [3.05, 3.63) is 60.9 Å². The lowest BCUT2D eigenvalue weighted by Crippen LogP contribution is -2.12. The van der Waals surface area contributed by atoms with E-state index in [4.69, 9.17) is 5.26 Å². The zero-order valence-electron chi connectivity index (χ0n) is 10.8. The van der Waals surface area contributed by atoms with Crippen molar-refractivity contribution in [2.24, 2.45) is 0 Å². The molecule has 0 heterocycles. The third-order valence-corrected chi connectivity index (χ3v) is 4.61. The number of nitrogens with one attached hydrogen (secondary N) is 1. The largest absolute Gasteiger partial charge is 0.387 e. The van der Waals surface area contributed by atoms with E-state index in [0.29, 0.717) is 12.1 Å². The van der Waals surface area contributed by atoms with Crippen LogP contribution in [0.3, 0.4) is 0 Å². The fraction of sp³-hybridized carbons (Fsp3) is 0.133. The number of halogens is 3. The minimum absolute atomic E-state index is 0.366. The Balaban J connectivity index is 2.07. The van der Waals surface area contributed by atoms with E-state index >= 15 is 0 Å². The molecule has 0 aliphatic heterocycles. The first kappa shape index (κ1) is 16.5. The van der Waals surface area contributed by atoms with Gasteiger partial charge in [0.15, 0.2) is 0 Å². The fourth-order valence-electron chi connectivity index (χ4n) is 1.81. The van der Waals surface area contributed by atoms with E-state index in [1.165, 1.54) is 0 Å². The number of hydrogen-bond acceptors (Lipinski definition) is 3. The third kappa shape index (κ3) is 4.30. The van der Waals surface area contributed by atoms with Crippen molar-refractivity contribution in [3.63, 3.8) is 0 Å². The van der Waals surface area contributed by atoms with Crippen LogP contribution in [-0.4, -0.2) is 11.7 Å². The van der Waals surface area contributed by atoms with Crippen molar-refractivity contribution >= 4 is 53.5 Å². The predicted octanol–water partition coefficient (Wildman–Crippen LogP) is 4.99. The number of nitrogens with zero attached hydrogens (tertiary/aromatic N) is 1. The van der Waals surface area contributed by atoms with Crippen molar-refractivity contribution in [3.8, 4) is 6.07 Å². The maximum atomic E-state index is 10.2. The third-order valence-electron chi connectivity index (χ3n) is 2.90. The molecule has 3 nitrogen and oxygen atoms in total. The van der Waals surface area contributed by atoms with Gasteiger partial charge in [-0.15, -0.1) is 0 Å². The fourth-order valence-corrected chi connectivity index (χ4v) is 4.35. The molecule has 6 heteroatoms. The minimum Gasteiger partial charge on any atom is -0.387 e. The lowest BCUT2D eigenvalue weighted by atomic mass is 10.1. The molecule has 2 rings (SSSR count). The van der Waals surface area contributed by atoms with Crippen LogP contribution in [0.15, 0.2) is 49.8 Å². The molecule has 1 atom stereocenters. The van der Waals surface area contributed by atoms with Crippen LogP contribution in [0.2, 0.25) is 0 Å². The van der Waals surface area contributed by atoms with Crippen molar-refractivity contribution in [2.45, 2.75) is 6.10 Å². The number of rotatable bonds is 4. The molecule has 1 unspecified atom stereocenters. The maximum absolute atomic E-state index is 10.2. The summed E-state index contributed by atoms with van der Waals surface area (Å²) < 4.78 is 2.76. The molecule has 0 aliphatic carbocycles. The standard InChI is InChI=1S/C15H11Br3N2O/c16-11-5-12(17)15(13(18)6-11)20-8-14(21)10-3-1-9(7-19)2-4-10/h1-6,14,20-21H,8H2. The molecule has 2 aromatic rings. The molecule has 2 aromatic carbocycles. The molecular weight excluding hydrogens is 464 g/mol. The number of nitriles is 1. The smallest absolute Gasteiger partial charge is 0.0991 e. The Hall–Kier alpha value is -0.870. The Labute approximate surface area is 148 Å². The molecular formula is C15H11Br3N2O. The summed E-state index contributed by atoms with van der Waals surface area (Å²) in [5, 5.41) is 22.2. The highest BCUT2D eigenvalue weighted by molar-refractivity contribution is 9.11. The molecule has 0 aromatic heterocycles. The Morgan fingerprint density at radius 3 is 2.19 bits per heavy atom. The van der Waals surface area contributed by atoms with E-state index < -0.39 is 6.10 Å². The normalized spacial score (nSPS) is 11.8. The van der Waals surface area contributed by atoms with Crippen molar-refractivity contribution in [1.82, 2.24) is 0 Å². The topological polar surface area (TPSA) is 56.0 Å². The number of anilines is 1. The summed E-state index contributed by atoms with van der Waals surface area (Å²) in [5.74, 6) is 0. The van der Waals surface area contributed by atoms with Gasteiger partial charge in [-0.1, -0.05) is 28.1 Å². The van der Waals surface area contributed by atoms with Crippen LogP contribution in [0.5, 0.6) is 0 Å².